The van der Waals surface area contributed by atoms with Crippen molar-refractivity contribution in [3.8, 4) is 5.75 Å². The van der Waals surface area contributed by atoms with Crippen molar-refractivity contribution in [1.29, 1.82) is 0 Å². The lowest BCUT2D eigenvalue weighted by Crippen LogP contribution is -2.13. The first-order valence-electron chi connectivity index (χ1n) is 6.07. The minimum absolute atomic E-state index is 0.153. The summed E-state index contributed by atoms with van der Waals surface area (Å²) in [4.78, 5) is 0. The Bertz CT molecular complexity index is 611. The third kappa shape index (κ3) is 2.53. The van der Waals surface area contributed by atoms with Gasteiger partial charge >= 0.3 is 0 Å². The Morgan fingerprint density at radius 2 is 2.26 bits per heavy atom. The van der Waals surface area contributed by atoms with Crippen molar-refractivity contribution in [2.75, 3.05) is 6.61 Å². The van der Waals surface area contributed by atoms with Crippen LogP contribution in [0, 0.1) is 0 Å². The van der Waals surface area contributed by atoms with Gasteiger partial charge in [-0.25, -0.2) is 0 Å². The lowest BCUT2D eigenvalue weighted by molar-refractivity contribution is 0.352. The largest absolute Gasteiger partial charge is 0.493 e. The normalized spacial score (nSPS) is 15.1. The molecule has 1 aromatic heterocycles. The summed E-state index contributed by atoms with van der Waals surface area (Å²) in [7, 11) is 0. The van der Waals surface area contributed by atoms with Crippen molar-refractivity contribution < 1.29 is 9.15 Å². The monoisotopic (exact) mass is 341 g/mol. The molecule has 19 heavy (non-hydrogen) atoms. The van der Waals surface area contributed by atoms with Gasteiger partial charge in [0, 0.05) is 23.0 Å². The highest BCUT2D eigenvalue weighted by molar-refractivity contribution is 9.10. The van der Waals surface area contributed by atoms with Crippen LogP contribution < -0.4 is 10.5 Å². The summed E-state index contributed by atoms with van der Waals surface area (Å²) in [6, 6.07) is 5.62. The number of nitrogens with two attached hydrogens (primary N) is 1. The van der Waals surface area contributed by atoms with Gasteiger partial charge in [0.2, 0.25) is 0 Å². The zero-order chi connectivity index (χ0) is 13.4. The topological polar surface area (TPSA) is 48.4 Å². The molecule has 1 aliphatic rings. The molecule has 100 valence electrons. The molecule has 0 amide bonds. The molecular weight excluding hydrogens is 330 g/mol. The maximum Gasteiger partial charge on any atom is 0.173 e. The van der Waals surface area contributed by atoms with Crippen molar-refractivity contribution in [3.05, 3.63) is 50.8 Å². The van der Waals surface area contributed by atoms with Crippen LogP contribution in [0.2, 0.25) is 5.02 Å². The average molecular weight is 343 g/mol. The number of rotatable bonds is 3. The zero-order valence-corrected chi connectivity index (χ0v) is 12.5. The molecule has 0 aliphatic carbocycles. The molecule has 0 saturated carbocycles. The number of furan rings is 1. The van der Waals surface area contributed by atoms with Crippen molar-refractivity contribution in [2.24, 2.45) is 5.73 Å². The molecule has 0 spiro atoms. The average Bonchev–Trinajstić information content (AvgIpc) is 2.97. The summed E-state index contributed by atoms with van der Waals surface area (Å²) in [5.41, 5.74) is 9.40. The Hall–Kier alpha value is -0.970. The molecule has 2 aromatic rings. The van der Waals surface area contributed by atoms with E-state index in [9.17, 15) is 0 Å². The van der Waals surface area contributed by atoms with Gasteiger partial charge in [-0.3, -0.25) is 0 Å². The quantitative estimate of drug-likeness (QED) is 0.921. The van der Waals surface area contributed by atoms with Crippen LogP contribution in [-0.2, 0) is 12.8 Å². The fourth-order valence-corrected chi connectivity index (χ4v) is 3.21. The van der Waals surface area contributed by atoms with Gasteiger partial charge in [0.15, 0.2) is 4.67 Å². The molecule has 1 aliphatic heterocycles. The highest BCUT2D eigenvalue weighted by atomic mass is 79.9. The van der Waals surface area contributed by atoms with Gasteiger partial charge in [0.1, 0.15) is 5.75 Å². The van der Waals surface area contributed by atoms with Crippen LogP contribution in [0.15, 0.2) is 33.5 Å². The van der Waals surface area contributed by atoms with Gasteiger partial charge in [-0.05, 0) is 51.7 Å². The van der Waals surface area contributed by atoms with E-state index >= 15 is 0 Å². The fourth-order valence-electron chi connectivity index (χ4n) is 2.41. The molecule has 5 heteroatoms. The Balaban J connectivity index is 1.90. The third-order valence-corrected chi connectivity index (χ3v) is 4.17. The van der Waals surface area contributed by atoms with E-state index in [-0.39, 0.29) is 6.04 Å². The van der Waals surface area contributed by atoms with Gasteiger partial charge in [0.05, 0.1) is 12.9 Å². The van der Waals surface area contributed by atoms with Crippen LogP contribution in [0.4, 0.5) is 0 Å². The Morgan fingerprint density at radius 1 is 1.42 bits per heavy atom. The van der Waals surface area contributed by atoms with Crippen LogP contribution in [0.25, 0.3) is 0 Å². The molecular formula is C14H13BrClNO2. The summed E-state index contributed by atoms with van der Waals surface area (Å²) < 4.78 is 11.6. The second-order valence-electron chi connectivity index (χ2n) is 4.61. The van der Waals surface area contributed by atoms with Gasteiger partial charge < -0.3 is 14.9 Å². The minimum atomic E-state index is -0.153. The number of halogens is 2. The molecule has 0 radical (unpaired) electrons. The lowest BCUT2D eigenvalue weighted by atomic mass is 9.99. The Kier molecular flexibility index (Phi) is 3.56. The summed E-state index contributed by atoms with van der Waals surface area (Å²) in [6.07, 6.45) is 3.20. The molecule has 1 unspecified atom stereocenters. The molecule has 2 N–H and O–H groups in total. The van der Waals surface area contributed by atoms with Gasteiger partial charge in [-0.15, -0.1) is 0 Å². The first-order valence-corrected chi connectivity index (χ1v) is 7.25. The van der Waals surface area contributed by atoms with E-state index in [1.807, 2.05) is 18.2 Å². The highest BCUT2D eigenvalue weighted by Crippen LogP contribution is 2.35. The Labute approximate surface area is 124 Å². The Morgan fingerprint density at radius 3 is 3.00 bits per heavy atom. The van der Waals surface area contributed by atoms with E-state index < -0.39 is 0 Å². The van der Waals surface area contributed by atoms with E-state index in [1.165, 1.54) is 5.56 Å². The van der Waals surface area contributed by atoms with Crippen molar-refractivity contribution in [1.82, 2.24) is 0 Å². The minimum Gasteiger partial charge on any atom is -0.493 e. The van der Waals surface area contributed by atoms with Gasteiger partial charge in [-0.1, -0.05) is 11.6 Å². The smallest absolute Gasteiger partial charge is 0.173 e. The van der Waals surface area contributed by atoms with Gasteiger partial charge in [-0.2, -0.15) is 0 Å². The molecule has 1 atom stereocenters. The first-order chi connectivity index (χ1) is 9.15. The zero-order valence-electron chi connectivity index (χ0n) is 10.2. The van der Waals surface area contributed by atoms with E-state index in [2.05, 4.69) is 15.9 Å². The van der Waals surface area contributed by atoms with Gasteiger partial charge in [0.25, 0.3) is 0 Å². The highest BCUT2D eigenvalue weighted by Gasteiger charge is 2.21. The van der Waals surface area contributed by atoms with Crippen LogP contribution in [0.5, 0.6) is 5.75 Å². The second-order valence-corrected chi connectivity index (χ2v) is 5.77. The van der Waals surface area contributed by atoms with Crippen LogP contribution in [-0.4, -0.2) is 6.61 Å². The summed E-state index contributed by atoms with van der Waals surface area (Å²) in [6.45, 7) is 0.716. The van der Waals surface area contributed by atoms with Crippen LogP contribution >= 0.6 is 27.5 Å². The van der Waals surface area contributed by atoms with Crippen molar-refractivity contribution in [2.45, 2.75) is 18.9 Å². The summed E-state index contributed by atoms with van der Waals surface area (Å²) in [5.74, 6) is 0.944. The van der Waals surface area contributed by atoms with E-state index in [1.54, 1.807) is 6.26 Å². The van der Waals surface area contributed by atoms with E-state index in [0.29, 0.717) is 17.7 Å². The molecule has 0 saturated heterocycles. The van der Waals surface area contributed by atoms with Crippen molar-refractivity contribution in [3.63, 3.8) is 0 Å². The maximum absolute atomic E-state index is 6.23. The molecule has 3 rings (SSSR count). The molecule has 3 nitrogen and oxygen atoms in total. The molecule has 1 aromatic carbocycles. The first kappa shape index (κ1) is 13.0. The van der Waals surface area contributed by atoms with E-state index in [0.717, 1.165) is 28.3 Å². The lowest BCUT2D eigenvalue weighted by Gasteiger charge is -2.14. The fraction of sp³-hybridized carbons (Fsp3) is 0.286. The predicted octanol–water partition coefficient (Wildman–Crippen LogP) is 3.87. The third-order valence-electron chi connectivity index (χ3n) is 3.31. The maximum atomic E-state index is 6.23. The van der Waals surface area contributed by atoms with Crippen molar-refractivity contribution >= 4 is 27.5 Å². The summed E-state index contributed by atoms with van der Waals surface area (Å²) >= 11 is 9.50. The number of hydrogen-bond donors (Lipinski definition) is 1. The molecule has 2 heterocycles. The predicted molar refractivity (Wildman–Crippen MR) is 77.7 cm³/mol. The number of ether oxygens (including phenoxy) is 1. The van der Waals surface area contributed by atoms with Crippen LogP contribution in [0.1, 0.15) is 22.7 Å². The summed E-state index contributed by atoms with van der Waals surface area (Å²) in [5, 5.41) is 0.734. The van der Waals surface area contributed by atoms with Crippen LogP contribution in [0.3, 0.4) is 0 Å². The molecule has 0 fully saturated rings. The number of hydrogen-bond acceptors (Lipinski definition) is 3. The number of fused-ring (bicyclic) bond motifs is 1. The second kappa shape index (κ2) is 5.19. The van der Waals surface area contributed by atoms with E-state index in [4.69, 9.17) is 26.5 Å². The SMILES string of the molecule is NC(Cc1cc(Cl)cc2c1OCC2)c1ccoc1Br. The number of benzene rings is 1. The molecule has 0 bridgehead atoms. The standard InChI is InChI=1S/C14H13BrClNO2/c15-14-11(2-4-19-14)12(17)7-9-6-10(16)5-8-1-3-18-13(8)9/h2,4-6,12H,1,3,7,17H2.